The average molecular weight is 303 g/mol. The van der Waals surface area contributed by atoms with Crippen LogP contribution in [0.2, 0.25) is 0 Å². The van der Waals surface area contributed by atoms with Crippen molar-refractivity contribution in [3.8, 4) is 0 Å². The standard InChI is InChI=1S/C14H17BrF2/c1-2-9-5-8-12(14(17)13(9)16)10-3-6-11(15)7-4-10/h5,8,10-11H,2-4,6-7H2,1H3. The van der Waals surface area contributed by atoms with E-state index in [2.05, 4.69) is 15.9 Å². The Balaban J connectivity index is 2.24. The van der Waals surface area contributed by atoms with E-state index in [1.165, 1.54) is 0 Å². The fraction of sp³-hybridized carbons (Fsp3) is 0.571. The topological polar surface area (TPSA) is 0 Å². The zero-order chi connectivity index (χ0) is 12.4. The van der Waals surface area contributed by atoms with Gasteiger partial charge in [-0.3, -0.25) is 0 Å². The van der Waals surface area contributed by atoms with Crippen LogP contribution in [0.5, 0.6) is 0 Å². The second-order valence-corrected chi connectivity index (χ2v) is 6.04. The summed E-state index contributed by atoms with van der Waals surface area (Å²) in [7, 11) is 0. The predicted octanol–water partition coefficient (Wildman–Crippen LogP) is 4.95. The summed E-state index contributed by atoms with van der Waals surface area (Å²) in [6.45, 7) is 1.84. The van der Waals surface area contributed by atoms with Crippen LogP contribution in [0.25, 0.3) is 0 Å². The SMILES string of the molecule is CCc1ccc(C2CCC(Br)CC2)c(F)c1F. The van der Waals surface area contributed by atoms with Crippen LogP contribution in [0.1, 0.15) is 49.7 Å². The Morgan fingerprint density at radius 3 is 2.35 bits per heavy atom. The van der Waals surface area contributed by atoms with Crippen molar-refractivity contribution in [2.24, 2.45) is 0 Å². The van der Waals surface area contributed by atoms with Crippen LogP contribution in [0.15, 0.2) is 12.1 Å². The lowest BCUT2D eigenvalue weighted by molar-refractivity contribution is 0.424. The molecule has 1 aliphatic rings. The monoisotopic (exact) mass is 302 g/mol. The highest BCUT2D eigenvalue weighted by atomic mass is 79.9. The minimum atomic E-state index is -0.647. The molecule has 0 saturated heterocycles. The van der Waals surface area contributed by atoms with Crippen LogP contribution in [-0.2, 0) is 6.42 Å². The Labute approximate surface area is 110 Å². The van der Waals surface area contributed by atoms with Gasteiger partial charge in [-0.2, -0.15) is 0 Å². The van der Waals surface area contributed by atoms with Crippen molar-refractivity contribution in [3.05, 3.63) is 34.9 Å². The summed E-state index contributed by atoms with van der Waals surface area (Å²) in [4.78, 5) is 0.543. The molecule has 0 nitrogen and oxygen atoms in total. The molecule has 1 aromatic rings. The van der Waals surface area contributed by atoms with E-state index in [-0.39, 0.29) is 5.92 Å². The molecule has 0 N–H and O–H groups in total. The lowest BCUT2D eigenvalue weighted by atomic mass is 9.83. The molecular formula is C14H17BrF2. The summed E-state index contributed by atoms with van der Waals surface area (Å²) in [5.41, 5.74) is 1.04. The largest absolute Gasteiger partial charge is 0.203 e. The molecule has 1 fully saturated rings. The number of benzene rings is 1. The second-order valence-electron chi connectivity index (χ2n) is 4.74. The van der Waals surface area contributed by atoms with Crippen LogP contribution in [0, 0.1) is 11.6 Å². The molecule has 3 heteroatoms. The van der Waals surface area contributed by atoms with Gasteiger partial charge < -0.3 is 0 Å². The maximum absolute atomic E-state index is 13.9. The predicted molar refractivity (Wildman–Crippen MR) is 69.7 cm³/mol. The Morgan fingerprint density at radius 1 is 1.12 bits per heavy atom. The zero-order valence-electron chi connectivity index (χ0n) is 9.98. The van der Waals surface area contributed by atoms with Crippen molar-refractivity contribution in [2.45, 2.75) is 49.8 Å². The van der Waals surface area contributed by atoms with Gasteiger partial charge in [0, 0.05) is 4.83 Å². The molecule has 0 aromatic heterocycles. The minimum Gasteiger partial charge on any atom is -0.203 e. The van der Waals surface area contributed by atoms with Crippen molar-refractivity contribution >= 4 is 15.9 Å². The molecular weight excluding hydrogens is 286 g/mol. The summed E-state index contributed by atoms with van der Waals surface area (Å²) < 4.78 is 27.7. The third-order valence-electron chi connectivity index (χ3n) is 3.67. The maximum atomic E-state index is 13.9. The molecule has 0 spiro atoms. The first kappa shape index (κ1) is 13.0. The highest BCUT2D eigenvalue weighted by Gasteiger charge is 2.24. The first-order valence-corrected chi connectivity index (χ1v) is 7.15. The van der Waals surface area contributed by atoms with Gasteiger partial charge in [-0.1, -0.05) is 35.0 Å². The van der Waals surface area contributed by atoms with E-state index in [1.54, 1.807) is 12.1 Å². The summed E-state index contributed by atoms with van der Waals surface area (Å²) in [5.74, 6) is -1.09. The van der Waals surface area contributed by atoms with Gasteiger partial charge in [0.15, 0.2) is 11.6 Å². The lowest BCUT2D eigenvalue weighted by Crippen LogP contribution is -2.14. The van der Waals surface area contributed by atoms with Gasteiger partial charge in [-0.15, -0.1) is 0 Å². The van der Waals surface area contributed by atoms with E-state index < -0.39 is 11.6 Å². The molecule has 0 radical (unpaired) electrons. The quantitative estimate of drug-likeness (QED) is 0.678. The number of rotatable bonds is 2. The summed E-state index contributed by atoms with van der Waals surface area (Å²) in [5, 5.41) is 0. The van der Waals surface area contributed by atoms with Crippen molar-refractivity contribution in [1.82, 2.24) is 0 Å². The fourth-order valence-corrected chi connectivity index (χ4v) is 3.09. The van der Waals surface area contributed by atoms with Gasteiger partial charge in [0.2, 0.25) is 0 Å². The van der Waals surface area contributed by atoms with Crippen LogP contribution in [0.3, 0.4) is 0 Å². The molecule has 1 aromatic carbocycles. The maximum Gasteiger partial charge on any atom is 0.162 e. The molecule has 0 unspecified atom stereocenters. The average Bonchev–Trinajstić information content (AvgIpc) is 2.34. The number of hydrogen-bond acceptors (Lipinski definition) is 0. The molecule has 1 aliphatic carbocycles. The Hall–Kier alpha value is -0.440. The molecule has 0 bridgehead atoms. The number of alkyl halides is 1. The third-order valence-corrected chi connectivity index (χ3v) is 4.59. The fourth-order valence-electron chi connectivity index (χ4n) is 2.56. The molecule has 1 saturated carbocycles. The molecule has 0 atom stereocenters. The number of hydrogen-bond donors (Lipinski definition) is 0. The van der Waals surface area contributed by atoms with Gasteiger partial charge in [0.25, 0.3) is 0 Å². The van der Waals surface area contributed by atoms with Crippen molar-refractivity contribution in [1.29, 1.82) is 0 Å². The Morgan fingerprint density at radius 2 is 1.76 bits per heavy atom. The first-order chi connectivity index (χ1) is 8.13. The zero-order valence-corrected chi connectivity index (χ0v) is 11.6. The van der Waals surface area contributed by atoms with E-state index in [0.29, 0.717) is 22.4 Å². The third kappa shape index (κ3) is 2.70. The van der Waals surface area contributed by atoms with E-state index >= 15 is 0 Å². The van der Waals surface area contributed by atoms with Gasteiger partial charge in [0.05, 0.1) is 0 Å². The van der Waals surface area contributed by atoms with Crippen molar-refractivity contribution in [3.63, 3.8) is 0 Å². The van der Waals surface area contributed by atoms with Crippen molar-refractivity contribution in [2.75, 3.05) is 0 Å². The highest BCUT2D eigenvalue weighted by Crippen LogP contribution is 2.37. The van der Waals surface area contributed by atoms with Crippen molar-refractivity contribution < 1.29 is 8.78 Å². The van der Waals surface area contributed by atoms with E-state index in [4.69, 9.17) is 0 Å². The molecule has 94 valence electrons. The van der Waals surface area contributed by atoms with Crippen LogP contribution in [0.4, 0.5) is 8.78 Å². The molecule has 0 amide bonds. The van der Waals surface area contributed by atoms with Gasteiger partial charge >= 0.3 is 0 Å². The van der Waals surface area contributed by atoms with Gasteiger partial charge in [0.1, 0.15) is 0 Å². The number of halogens is 3. The van der Waals surface area contributed by atoms with E-state index in [0.717, 1.165) is 25.7 Å². The lowest BCUT2D eigenvalue weighted by Gasteiger charge is -2.26. The van der Waals surface area contributed by atoms with E-state index in [9.17, 15) is 8.78 Å². The first-order valence-electron chi connectivity index (χ1n) is 6.24. The molecule has 0 aliphatic heterocycles. The number of aryl methyl sites for hydroxylation is 1. The minimum absolute atomic E-state index is 0.184. The van der Waals surface area contributed by atoms with E-state index in [1.807, 2.05) is 6.92 Å². The smallest absolute Gasteiger partial charge is 0.162 e. The van der Waals surface area contributed by atoms with Gasteiger partial charge in [-0.05, 0) is 49.1 Å². The molecule has 17 heavy (non-hydrogen) atoms. The summed E-state index contributed by atoms with van der Waals surface area (Å²) >= 11 is 3.58. The Bertz CT molecular complexity index is 395. The van der Waals surface area contributed by atoms with Crippen LogP contribution in [-0.4, -0.2) is 4.83 Å². The molecule has 2 rings (SSSR count). The van der Waals surface area contributed by atoms with Gasteiger partial charge in [-0.25, -0.2) is 8.78 Å². The Kier molecular flexibility index (Phi) is 4.18. The second kappa shape index (κ2) is 5.47. The van der Waals surface area contributed by atoms with Crippen LogP contribution >= 0.6 is 15.9 Å². The molecule has 0 heterocycles. The highest BCUT2D eigenvalue weighted by molar-refractivity contribution is 9.09. The van der Waals surface area contributed by atoms with Crippen LogP contribution < -0.4 is 0 Å². The normalized spacial score (nSPS) is 24.9. The summed E-state index contributed by atoms with van der Waals surface area (Å²) in [6.07, 6.45) is 4.51. The summed E-state index contributed by atoms with van der Waals surface area (Å²) in [6, 6.07) is 3.50.